The fourth-order valence-electron chi connectivity index (χ4n) is 2.94. The van der Waals surface area contributed by atoms with Gasteiger partial charge in [-0.3, -0.25) is 4.98 Å². The molecule has 0 aromatic carbocycles. The highest BCUT2D eigenvalue weighted by Gasteiger charge is 2.24. The standard InChI is InChI=1S/C15H21N5S/c1-19-8-4-6-12(19)10-20(2)15-13(14(16)18-21-15)11-5-3-7-17-9-11/h3,5,7,9,12H,4,6,8,10H2,1-2H3,(H2,16,18). The molecule has 0 amide bonds. The zero-order chi connectivity index (χ0) is 14.8. The third kappa shape index (κ3) is 2.87. The maximum Gasteiger partial charge on any atom is 0.147 e. The molecule has 3 rings (SSSR count). The van der Waals surface area contributed by atoms with Crippen LogP contribution >= 0.6 is 11.5 Å². The van der Waals surface area contributed by atoms with Gasteiger partial charge in [-0.1, -0.05) is 6.07 Å². The van der Waals surface area contributed by atoms with Crippen molar-refractivity contribution >= 4 is 22.4 Å². The Morgan fingerprint density at radius 3 is 3.05 bits per heavy atom. The van der Waals surface area contributed by atoms with Gasteiger partial charge < -0.3 is 15.5 Å². The van der Waals surface area contributed by atoms with E-state index in [-0.39, 0.29) is 0 Å². The summed E-state index contributed by atoms with van der Waals surface area (Å²) in [6.45, 7) is 2.20. The molecule has 0 radical (unpaired) electrons. The van der Waals surface area contributed by atoms with Crippen LogP contribution in [0.3, 0.4) is 0 Å². The van der Waals surface area contributed by atoms with Crippen LogP contribution in [0.15, 0.2) is 24.5 Å². The number of hydrogen-bond donors (Lipinski definition) is 1. The maximum absolute atomic E-state index is 6.08. The average Bonchev–Trinajstić information content (AvgIpc) is 3.06. The molecule has 1 fully saturated rings. The number of rotatable bonds is 4. The predicted molar refractivity (Wildman–Crippen MR) is 88.7 cm³/mol. The van der Waals surface area contributed by atoms with Crippen molar-refractivity contribution in [3.8, 4) is 11.1 Å². The molecule has 0 spiro atoms. The highest BCUT2D eigenvalue weighted by molar-refractivity contribution is 7.11. The summed E-state index contributed by atoms with van der Waals surface area (Å²) in [4.78, 5) is 8.91. The molecule has 6 heteroatoms. The summed E-state index contributed by atoms with van der Waals surface area (Å²) in [6, 6.07) is 4.58. The van der Waals surface area contributed by atoms with Crippen LogP contribution < -0.4 is 10.6 Å². The van der Waals surface area contributed by atoms with Gasteiger partial charge in [-0.15, -0.1) is 0 Å². The second-order valence-corrected chi connectivity index (χ2v) is 6.40. The monoisotopic (exact) mass is 303 g/mol. The molecule has 21 heavy (non-hydrogen) atoms. The summed E-state index contributed by atoms with van der Waals surface area (Å²) in [5.41, 5.74) is 8.12. The van der Waals surface area contributed by atoms with Crippen molar-refractivity contribution in [2.75, 3.05) is 37.8 Å². The van der Waals surface area contributed by atoms with Gasteiger partial charge >= 0.3 is 0 Å². The Kier molecular flexibility index (Phi) is 4.07. The Morgan fingerprint density at radius 1 is 1.52 bits per heavy atom. The fourth-order valence-corrected chi connectivity index (χ4v) is 3.75. The first kappa shape index (κ1) is 14.3. The van der Waals surface area contributed by atoms with Gasteiger partial charge in [-0.25, -0.2) is 0 Å². The minimum absolute atomic E-state index is 0.592. The number of aromatic nitrogens is 2. The molecule has 0 aliphatic carbocycles. The van der Waals surface area contributed by atoms with Gasteiger partial charge in [0.1, 0.15) is 10.8 Å². The van der Waals surface area contributed by atoms with Gasteiger partial charge in [0.2, 0.25) is 0 Å². The highest BCUT2D eigenvalue weighted by Crippen LogP contribution is 2.38. The number of nitrogens with two attached hydrogens (primary N) is 1. The summed E-state index contributed by atoms with van der Waals surface area (Å²) in [5.74, 6) is 0.592. The lowest BCUT2D eigenvalue weighted by molar-refractivity contribution is 0.314. The normalized spacial score (nSPS) is 19.0. The van der Waals surface area contributed by atoms with Crippen molar-refractivity contribution < 1.29 is 0 Å². The van der Waals surface area contributed by atoms with E-state index in [0.29, 0.717) is 11.9 Å². The quantitative estimate of drug-likeness (QED) is 0.939. The maximum atomic E-state index is 6.08. The Balaban J connectivity index is 1.85. The smallest absolute Gasteiger partial charge is 0.147 e. The second kappa shape index (κ2) is 5.99. The van der Waals surface area contributed by atoms with E-state index in [9.17, 15) is 0 Å². The summed E-state index contributed by atoms with van der Waals surface area (Å²) < 4.78 is 4.34. The number of nitrogen functional groups attached to an aromatic ring is 1. The first-order valence-electron chi connectivity index (χ1n) is 7.23. The molecule has 0 bridgehead atoms. The zero-order valence-electron chi connectivity index (χ0n) is 12.5. The molecule has 3 heterocycles. The molecule has 1 saturated heterocycles. The Labute approximate surface area is 129 Å². The number of hydrogen-bond acceptors (Lipinski definition) is 6. The molecular weight excluding hydrogens is 282 g/mol. The van der Waals surface area contributed by atoms with E-state index in [0.717, 1.165) is 22.7 Å². The van der Waals surface area contributed by atoms with Crippen LogP contribution in [0.1, 0.15) is 12.8 Å². The van der Waals surface area contributed by atoms with Gasteiger partial charge in [0, 0.05) is 37.6 Å². The molecule has 2 N–H and O–H groups in total. The summed E-state index contributed by atoms with van der Waals surface area (Å²) in [7, 11) is 4.33. The lowest BCUT2D eigenvalue weighted by Crippen LogP contribution is -2.36. The molecule has 1 aliphatic rings. The number of likely N-dealkylation sites (N-methyl/N-ethyl adjacent to an activating group) is 2. The van der Waals surface area contributed by atoms with E-state index in [1.54, 1.807) is 6.20 Å². The van der Waals surface area contributed by atoms with Gasteiger partial charge in [0.15, 0.2) is 0 Å². The van der Waals surface area contributed by atoms with Crippen molar-refractivity contribution in [1.82, 2.24) is 14.3 Å². The molecule has 2 aromatic heterocycles. The zero-order valence-corrected chi connectivity index (χ0v) is 13.3. The minimum atomic E-state index is 0.592. The van der Waals surface area contributed by atoms with Gasteiger partial charge in [0.25, 0.3) is 0 Å². The number of nitrogens with zero attached hydrogens (tertiary/aromatic N) is 4. The topological polar surface area (TPSA) is 58.3 Å². The largest absolute Gasteiger partial charge is 0.382 e. The van der Waals surface area contributed by atoms with Crippen LogP contribution in [-0.4, -0.2) is 47.5 Å². The lowest BCUT2D eigenvalue weighted by Gasteiger charge is -2.26. The first-order chi connectivity index (χ1) is 10.2. The SMILES string of the molecule is CN(CC1CCCN1C)c1snc(N)c1-c1cccnc1. The van der Waals surface area contributed by atoms with E-state index in [2.05, 4.69) is 33.3 Å². The van der Waals surface area contributed by atoms with Crippen molar-refractivity contribution in [1.29, 1.82) is 0 Å². The number of likely N-dealkylation sites (tertiary alicyclic amines) is 1. The summed E-state index contributed by atoms with van der Waals surface area (Å²) in [5, 5.41) is 1.13. The second-order valence-electron chi connectivity index (χ2n) is 5.65. The van der Waals surface area contributed by atoms with Crippen molar-refractivity contribution in [3.05, 3.63) is 24.5 Å². The van der Waals surface area contributed by atoms with Crippen LogP contribution in [0, 0.1) is 0 Å². The highest BCUT2D eigenvalue weighted by atomic mass is 32.1. The predicted octanol–water partition coefficient (Wildman–Crippen LogP) is 2.32. The number of pyridine rings is 1. The molecule has 1 unspecified atom stereocenters. The lowest BCUT2D eigenvalue weighted by atomic mass is 10.1. The average molecular weight is 303 g/mol. The van der Waals surface area contributed by atoms with E-state index in [1.807, 2.05) is 18.3 Å². The van der Waals surface area contributed by atoms with Crippen molar-refractivity contribution in [2.24, 2.45) is 0 Å². The molecule has 0 saturated carbocycles. The van der Waals surface area contributed by atoms with E-state index < -0.39 is 0 Å². The molecule has 5 nitrogen and oxygen atoms in total. The third-order valence-electron chi connectivity index (χ3n) is 4.15. The fraction of sp³-hybridized carbons (Fsp3) is 0.467. The van der Waals surface area contributed by atoms with Gasteiger partial charge in [-0.2, -0.15) is 4.37 Å². The summed E-state index contributed by atoms with van der Waals surface area (Å²) in [6.07, 6.45) is 6.17. The number of anilines is 2. The van der Waals surface area contributed by atoms with Gasteiger partial charge in [-0.05, 0) is 44.0 Å². The van der Waals surface area contributed by atoms with Gasteiger partial charge in [0.05, 0.1) is 5.56 Å². The van der Waals surface area contributed by atoms with Crippen LogP contribution in [0.25, 0.3) is 11.1 Å². The van der Waals surface area contributed by atoms with E-state index in [1.165, 1.54) is 30.9 Å². The van der Waals surface area contributed by atoms with Crippen LogP contribution in [0.5, 0.6) is 0 Å². The summed E-state index contributed by atoms with van der Waals surface area (Å²) >= 11 is 1.47. The van der Waals surface area contributed by atoms with E-state index >= 15 is 0 Å². The van der Waals surface area contributed by atoms with Crippen LogP contribution in [0.2, 0.25) is 0 Å². The third-order valence-corrected chi connectivity index (χ3v) is 5.13. The molecular formula is C15H21N5S. The molecule has 1 aliphatic heterocycles. The Hall–Kier alpha value is -1.66. The van der Waals surface area contributed by atoms with Crippen LogP contribution in [0.4, 0.5) is 10.8 Å². The minimum Gasteiger partial charge on any atom is -0.382 e. The molecule has 2 aromatic rings. The Bertz CT molecular complexity index is 597. The van der Waals surface area contributed by atoms with Crippen molar-refractivity contribution in [2.45, 2.75) is 18.9 Å². The van der Waals surface area contributed by atoms with E-state index in [4.69, 9.17) is 5.73 Å². The first-order valence-corrected chi connectivity index (χ1v) is 8.01. The molecule has 1 atom stereocenters. The van der Waals surface area contributed by atoms with Crippen molar-refractivity contribution in [3.63, 3.8) is 0 Å². The molecule has 112 valence electrons. The van der Waals surface area contributed by atoms with Crippen LogP contribution in [-0.2, 0) is 0 Å². The Morgan fingerprint density at radius 2 is 2.38 bits per heavy atom.